The van der Waals surface area contributed by atoms with Crippen LogP contribution in [0, 0.1) is 6.92 Å². The topological polar surface area (TPSA) is 33.1 Å². The summed E-state index contributed by atoms with van der Waals surface area (Å²) in [6, 6.07) is 8.00. The van der Waals surface area contributed by atoms with Crippen molar-refractivity contribution in [3.8, 4) is 0 Å². The molecule has 84 valence electrons. The third-order valence-corrected chi connectivity index (χ3v) is 3.93. The van der Waals surface area contributed by atoms with Gasteiger partial charge in [0.15, 0.2) is 0 Å². The maximum atomic E-state index is 10.1. The van der Waals surface area contributed by atoms with Crippen LogP contribution in [-0.4, -0.2) is 10.1 Å². The fourth-order valence-electron chi connectivity index (χ4n) is 1.61. The van der Waals surface area contributed by atoms with Crippen LogP contribution in [0.3, 0.4) is 0 Å². The molecule has 4 heteroatoms. The molecule has 2 nitrogen and oxygen atoms in total. The number of benzene rings is 1. The van der Waals surface area contributed by atoms with Gasteiger partial charge in [-0.3, -0.25) is 0 Å². The van der Waals surface area contributed by atoms with Gasteiger partial charge in [0.25, 0.3) is 0 Å². The third kappa shape index (κ3) is 2.70. The first-order valence-electron chi connectivity index (χ1n) is 4.99. The number of rotatable bonds is 3. The summed E-state index contributed by atoms with van der Waals surface area (Å²) in [5.74, 6) is 0. The molecule has 1 N–H and O–H groups in total. The van der Waals surface area contributed by atoms with Gasteiger partial charge in [-0.15, -0.1) is 11.3 Å². The Bertz CT molecular complexity index is 483. The lowest BCUT2D eigenvalue weighted by molar-refractivity contribution is 0.181. The minimum absolute atomic E-state index is 0.457. The van der Waals surface area contributed by atoms with Crippen molar-refractivity contribution in [2.45, 2.75) is 19.4 Å². The van der Waals surface area contributed by atoms with E-state index < -0.39 is 6.10 Å². The van der Waals surface area contributed by atoms with Crippen LogP contribution >= 0.6 is 27.3 Å². The predicted molar refractivity (Wildman–Crippen MR) is 69.7 cm³/mol. The first-order chi connectivity index (χ1) is 7.66. The molecule has 0 bridgehead atoms. The number of halogens is 1. The molecule has 1 heterocycles. The minimum atomic E-state index is -0.457. The van der Waals surface area contributed by atoms with E-state index in [1.165, 1.54) is 11.3 Å². The molecule has 0 radical (unpaired) electrons. The summed E-state index contributed by atoms with van der Waals surface area (Å²) >= 11 is 4.93. The largest absolute Gasteiger partial charge is 0.387 e. The van der Waals surface area contributed by atoms with Gasteiger partial charge in [0.1, 0.15) is 0 Å². The number of aryl methyl sites for hydroxylation is 1. The lowest BCUT2D eigenvalue weighted by Gasteiger charge is -2.09. The van der Waals surface area contributed by atoms with Crippen molar-refractivity contribution in [2.75, 3.05) is 0 Å². The molecule has 0 spiro atoms. The summed E-state index contributed by atoms with van der Waals surface area (Å²) < 4.78 is 1.04. The molecule has 0 saturated heterocycles. The molecule has 1 atom stereocenters. The van der Waals surface area contributed by atoms with Crippen LogP contribution in [-0.2, 0) is 6.42 Å². The van der Waals surface area contributed by atoms with E-state index in [0.717, 1.165) is 20.6 Å². The number of hydrogen-bond acceptors (Lipinski definition) is 3. The average Bonchev–Trinajstić information content (AvgIpc) is 2.64. The zero-order chi connectivity index (χ0) is 11.5. The van der Waals surface area contributed by atoms with Crippen LogP contribution in [0.15, 0.2) is 34.2 Å². The van der Waals surface area contributed by atoms with E-state index in [2.05, 4.69) is 20.9 Å². The molecule has 0 amide bonds. The van der Waals surface area contributed by atoms with Crippen molar-refractivity contribution in [2.24, 2.45) is 0 Å². The molecular weight excluding hydrogens is 286 g/mol. The Balaban J connectivity index is 2.14. The van der Waals surface area contributed by atoms with Crippen molar-refractivity contribution in [1.29, 1.82) is 0 Å². The molecule has 1 unspecified atom stereocenters. The van der Waals surface area contributed by atoms with Crippen LogP contribution < -0.4 is 0 Å². The van der Waals surface area contributed by atoms with Crippen molar-refractivity contribution in [1.82, 2.24) is 4.98 Å². The maximum Gasteiger partial charge on any atom is 0.0940 e. The second kappa shape index (κ2) is 5.08. The molecule has 2 aromatic rings. The first-order valence-corrected chi connectivity index (χ1v) is 6.66. The van der Waals surface area contributed by atoms with E-state index >= 15 is 0 Å². The Hall–Kier alpha value is -0.710. The third-order valence-electron chi connectivity index (χ3n) is 2.40. The highest BCUT2D eigenvalue weighted by atomic mass is 79.9. The molecule has 1 aromatic heterocycles. The fourth-order valence-corrected chi connectivity index (χ4v) is 2.85. The van der Waals surface area contributed by atoms with Gasteiger partial charge in [0.05, 0.1) is 22.2 Å². The SMILES string of the molecule is Cc1ncsc1C(O)Cc1cccc(Br)c1. The smallest absolute Gasteiger partial charge is 0.0940 e. The fraction of sp³-hybridized carbons (Fsp3) is 0.250. The maximum absolute atomic E-state index is 10.1. The second-order valence-corrected chi connectivity index (χ2v) is 5.45. The van der Waals surface area contributed by atoms with Crippen molar-refractivity contribution < 1.29 is 5.11 Å². The van der Waals surface area contributed by atoms with E-state index in [1.807, 2.05) is 31.2 Å². The van der Waals surface area contributed by atoms with Gasteiger partial charge in [-0.1, -0.05) is 28.1 Å². The van der Waals surface area contributed by atoms with Gasteiger partial charge in [0.2, 0.25) is 0 Å². The van der Waals surface area contributed by atoms with Gasteiger partial charge in [-0.25, -0.2) is 4.98 Å². The number of aliphatic hydroxyl groups is 1. The molecule has 0 saturated carbocycles. The molecule has 0 aliphatic heterocycles. The summed E-state index contributed by atoms with van der Waals surface area (Å²) in [6.45, 7) is 1.93. The quantitative estimate of drug-likeness (QED) is 0.941. The highest BCUT2D eigenvalue weighted by Gasteiger charge is 2.13. The minimum Gasteiger partial charge on any atom is -0.387 e. The number of nitrogens with zero attached hydrogens (tertiary/aromatic N) is 1. The van der Waals surface area contributed by atoms with E-state index in [1.54, 1.807) is 5.51 Å². The summed E-state index contributed by atoms with van der Waals surface area (Å²) in [4.78, 5) is 5.10. The monoisotopic (exact) mass is 297 g/mol. The highest BCUT2D eigenvalue weighted by Crippen LogP contribution is 2.25. The summed E-state index contributed by atoms with van der Waals surface area (Å²) in [5.41, 5.74) is 3.82. The zero-order valence-electron chi connectivity index (χ0n) is 8.85. The van der Waals surface area contributed by atoms with Crippen LogP contribution in [0.5, 0.6) is 0 Å². The van der Waals surface area contributed by atoms with Gasteiger partial charge in [-0.2, -0.15) is 0 Å². The summed E-state index contributed by atoms with van der Waals surface area (Å²) in [5, 5.41) is 10.1. The Morgan fingerprint density at radius 1 is 1.50 bits per heavy atom. The van der Waals surface area contributed by atoms with Crippen molar-refractivity contribution in [3.05, 3.63) is 50.4 Å². The normalized spacial score (nSPS) is 12.7. The van der Waals surface area contributed by atoms with Gasteiger partial charge < -0.3 is 5.11 Å². The summed E-state index contributed by atoms with van der Waals surface area (Å²) in [7, 11) is 0. The molecule has 2 rings (SSSR count). The lowest BCUT2D eigenvalue weighted by atomic mass is 10.1. The molecule has 16 heavy (non-hydrogen) atoms. The lowest BCUT2D eigenvalue weighted by Crippen LogP contribution is -2.01. The van der Waals surface area contributed by atoms with E-state index in [0.29, 0.717) is 6.42 Å². The van der Waals surface area contributed by atoms with Crippen LogP contribution in [0.25, 0.3) is 0 Å². The molecule has 0 fully saturated rings. The molecular formula is C12H12BrNOS. The van der Waals surface area contributed by atoms with Crippen molar-refractivity contribution >= 4 is 27.3 Å². The average molecular weight is 298 g/mol. The number of thiazole rings is 1. The van der Waals surface area contributed by atoms with Gasteiger partial charge in [-0.05, 0) is 24.6 Å². The molecule has 0 aliphatic carbocycles. The summed E-state index contributed by atoms with van der Waals surface area (Å²) in [6.07, 6.45) is 0.171. The second-order valence-electron chi connectivity index (χ2n) is 3.65. The van der Waals surface area contributed by atoms with E-state index in [-0.39, 0.29) is 0 Å². The molecule has 0 aliphatic rings. The Morgan fingerprint density at radius 2 is 2.31 bits per heavy atom. The van der Waals surface area contributed by atoms with Crippen molar-refractivity contribution in [3.63, 3.8) is 0 Å². The van der Waals surface area contributed by atoms with Crippen LogP contribution in [0.4, 0.5) is 0 Å². The zero-order valence-corrected chi connectivity index (χ0v) is 11.3. The first kappa shape index (κ1) is 11.8. The van der Waals surface area contributed by atoms with Gasteiger partial charge >= 0.3 is 0 Å². The van der Waals surface area contributed by atoms with Crippen LogP contribution in [0.2, 0.25) is 0 Å². The van der Waals surface area contributed by atoms with Gasteiger partial charge in [0, 0.05) is 10.9 Å². The predicted octanol–water partition coefficient (Wildman–Crippen LogP) is 3.49. The Morgan fingerprint density at radius 3 is 2.94 bits per heavy atom. The highest BCUT2D eigenvalue weighted by molar-refractivity contribution is 9.10. The number of aliphatic hydroxyl groups excluding tert-OH is 1. The van der Waals surface area contributed by atoms with E-state index in [4.69, 9.17) is 0 Å². The number of aromatic nitrogens is 1. The number of hydrogen-bond donors (Lipinski definition) is 1. The Labute approximate surface area is 107 Å². The van der Waals surface area contributed by atoms with Crippen LogP contribution in [0.1, 0.15) is 22.2 Å². The molecule has 1 aromatic carbocycles. The van der Waals surface area contributed by atoms with E-state index in [9.17, 15) is 5.11 Å². The Kier molecular flexibility index (Phi) is 3.74. The standard InChI is InChI=1S/C12H12BrNOS/c1-8-12(16-7-14-8)11(15)6-9-3-2-4-10(13)5-9/h2-5,7,11,15H,6H2,1H3.